The highest BCUT2D eigenvalue weighted by Gasteiger charge is 2.53. The molecule has 0 spiro atoms. The third-order valence-electron chi connectivity index (χ3n) is 4.23. The van der Waals surface area contributed by atoms with Gasteiger partial charge in [-0.15, -0.1) is 6.58 Å². The second-order valence-corrected chi connectivity index (χ2v) is 6.14. The van der Waals surface area contributed by atoms with Crippen molar-refractivity contribution in [3.05, 3.63) is 24.0 Å². The van der Waals surface area contributed by atoms with E-state index < -0.39 is 0 Å². The molecule has 1 aromatic heterocycles. The predicted octanol–water partition coefficient (Wildman–Crippen LogP) is 1.99. The van der Waals surface area contributed by atoms with Crippen molar-refractivity contribution in [3.8, 4) is 0 Å². The number of rotatable bonds is 3. The van der Waals surface area contributed by atoms with Gasteiger partial charge in [0.15, 0.2) is 0 Å². The molecule has 1 aliphatic rings. The standard InChI is InChI=1S/C14H23BN2O2/c1-8-9-17-11(3)12(10(2)16-17)15-18-13(4,5)14(6,7)19-15/h8H,1,9H2,2-7H3. The molecule has 4 nitrogen and oxygen atoms in total. The van der Waals surface area contributed by atoms with Crippen LogP contribution in [-0.4, -0.2) is 28.1 Å². The Hall–Kier alpha value is -1.07. The molecule has 1 fully saturated rings. The van der Waals surface area contributed by atoms with E-state index in [1.807, 2.05) is 24.6 Å². The van der Waals surface area contributed by atoms with Crippen LogP contribution in [0.4, 0.5) is 0 Å². The van der Waals surface area contributed by atoms with Gasteiger partial charge in [0, 0.05) is 11.2 Å². The van der Waals surface area contributed by atoms with Crippen LogP contribution in [0.2, 0.25) is 0 Å². The minimum absolute atomic E-state index is 0.322. The Morgan fingerprint density at radius 3 is 2.21 bits per heavy atom. The highest BCUT2D eigenvalue weighted by Crippen LogP contribution is 2.36. The molecule has 5 heteroatoms. The van der Waals surface area contributed by atoms with Gasteiger partial charge in [-0.05, 0) is 41.5 Å². The lowest BCUT2D eigenvalue weighted by atomic mass is 9.77. The number of allylic oxidation sites excluding steroid dienone is 1. The van der Waals surface area contributed by atoms with Crippen molar-refractivity contribution in [2.24, 2.45) is 0 Å². The first-order chi connectivity index (χ1) is 8.69. The zero-order chi connectivity index (χ0) is 14.4. The van der Waals surface area contributed by atoms with Crippen molar-refractivity contribution in [1.82, 2.24) is 9.78 Å². The van der Waals surface area contributed by atoms with E-state index in [1.54, 1.807) is 0 Å². The van der Waals surface area contributed by atoms with Crippen LogP contribution < -0.4 is 5.46 Å². The topological polar surface area (TPSA) is 36.3 Å². The summed E-state index contributed by atoms with van der Waals surface area (Å²) in [6, 6.07) is 0. The Labute approximate surface area is 115 Å². The van der Waals surface area contributed by atoms with Crippen LogP contribution in [0.1, 0.15) is 39.1 Å². The molecule has 0 amide bonds. The highest BCUT2D eigenvalue weighted by atomic mass is 16.7. The molecule has 0 atom stereocenters. The largest absolute Gasteiger partial charge is 0.498 e. The maximum Gasteiger partial charge on any atom is 0.498 e. The van der Waals surface area contributed by atoms with Gasteiger partial charge in [0.05, 0.1) is 23.4 Å². The molecule has 104 valence electrons. The van der Waals surface area contributed by atoms with E-state index in [2.05, 4.69) is 39.4 Å². The Balaban J connectivity index is 2.37. The molecule has 0 unspecified atom stereocenters. The molecular weight excluding hydrogens is 239 g/mol. The van der Waals surface area contributed by atoms with Crippen LogP contribution in [-0.2, 0) is 15.9 Å². The van der Waals surface area contributed by atoms with Gasteiger partial charge in [0.25, 0.3) is 0 Å². The van der Waals surface area contributed by atoms with Crippen molar-refractivity contribution >= 4 is 12.6 Å². The first kappa shape index (κ1) is 14.3. The lowest BCUT2D eigenvalue weighted by molar-refractivity contribution is 0.00578. The Morgan fingerprint density at radius 2 is 1.74 bits per heavy atom. The molecule has 1 aromatic rings. The van der Waals surface area contributed by atoms with Gasteiger partial charge in [0.2, 0.25) is 0 Å². The van der Waals surface area contributed by atoms with Crippen LogP contribution in [0, 0.1) is 13.8 Å². The molecule has 0 bridgehead atoms. The van der Waals surface area contributed by atoms with E-state index in [4.69, 9.17) is 9.31 Å². The van der Waals surface area contributed by atoms with Crippen LogP contribution in [0.3, 0.4) is 0 Å². The quantitative estimate of drug-likeness (QED) is 0.617. The molecule has 2 heterocycles. The Bertz CT molecular complexity index is 490. The summed E-state index contributed by atoms with van der Waals surface area (Å²) in [5, 5.41) is 4.53. The number of aromatic nitrogens is 2. The highest BCUT2D eigenvalue weighted by molar-refractivity contribution is 6.63. The summed E-state index contributed by atoms with van der Waals surface area (Å²) in [5.74, 6) is 0. The number of aryl methyl sites for hydroxylation is 1. The van der Waals surface area contributed by atoms with Crippen molar-refractivity contribution in [1.29, 1.82) is 0 Å². The van der Waals surface area contributed by atoms with Gasteiger partial charge in [-0.3, -0.25) is 4.68 Å². The Morgan fingerprint density at radius 1 is 1.21 bits per heavy atom. The van der Waals surface area contributed by atoms with Gasteiger partial charge >= 0.3 is 7.12 Å². The fourth-order valence-electron chi connectivity index (χ4n) is 2.31. The summed E-state index contributed by atoms with van der Waals surface area (Å²) in [5.41, 5.74) is 2.43. The number of nitrogens with zero attached hydrogens (tertiary/aromatic N) is 2. The number of hydrogen-bond acceptors (Lipinski definition) is 3. The molecule has 0 N–H and O–H groups in total. The Kier molecular flexibility index (Phi) is 3.39. The van der Waals surface area contributed by atoms with Crippen molar-refractivity contribution in [2.45, 2.75) is 59.3 Å². The molecule has 0 saturated carbocycles. The molecule has 0 aromatic carbocycles. The summed E-state index contributed by atoms with van der Waals surface area (Å²) < 4.78 is 14.1. The van der Waals surface area contributed by atoms with Crippen molar-refractivity contribution in [2.75, 3.05) is 0 Å². The van der Waals surface area contributed by atoms with E-state index in [1.165, 1.54) is 0 Å². The zero-order valence-electron chi connectivity index (χ0n) is 12.8. The molecular formula is C14H23BN2O2. The minimum Gasteiger partial charge on any atom is -0.399 e. The molecule has 2 rings (SSSR count). The monoisotopic (exact) mass is 262 g/mol. The maximum atomic E-state index is 6.10. The summed E-state index contributed by atoms with van der Waals surface area (Å²) in [6.45, 7) is 16.7. The molecule has 1 aliphatic heterocycles. The zero-order valence-corrected chi connectivity index (χ0v) is 12.8. The second-order valence-electron chi connectivity index (χ2n) is 6.14. The van der Waals surface area contributed by atoms with Crippen LogP contribution in [0.15, 0.2) is 12.7 Å². The van der Waals surface area contributed by atoms with E-state index in [9.17, 15) is 0 Å². The van der Waals surface area contributed by atoms with E-state index >= 15 is 0 Å². The van der Waals surface area contributed by atoms with Gasteiger partial charge < -0.3 is 9.31 Å². The van der Waals surface area contributed by atoms with Crippen LogP contribution in [0.5, 0.6) is 0 Å². The predicted molar refractivity (Wildman–Crippen MR) is 77.6 cm³/mol. The fraction of sp³-hybridized carbons (Fsp3) is 0.643. The molecule has 19 heavy (non-hydrogen) atoms. The minimum atomic E-state index is -0.344. The van der Waals surface area contributed by atoms with Crippen molar-refractivity contribution < 1.29 is 9.31 Å². The van der Waals surface area contributed by atoms with Gasteiger partial charge in [-0.25, -0.2) is 0 Å². The van der Waals surface area contributed by atoms with Gasteiger partial charge in [0.1, 0.15) is 0 Å². The normalized spacial score (nSPS) is 20.8. The third kappa shape index (κ3) is 2.25. The number of hydrogen-bond donors (Lipinski definition) is 0. The molecule has 1 saturated heterocycles. The molecule has 0 aliphatic carbocycles. The summed E-state index contributed by atoms with van der Waals surface area (Å²) in [4.78, 5) is 0. The summed E-state index contributed by atoms with van der Waals surface area (Å²) in [6.07, 6.45) is 1.84. The van der Waals surface area contributed by atoms with Gasteiger partial charge in [-0.2, -0.15) is 5.10 Å². The first-order valence-electron chi connectivity index (χ1n) is 6.70. The summed E-state index contributed by atoms with van der Waals surface area (Å²) >= 11 is 0. The van der Waals surface area contributed by atoms with Crippen molar-refractivity contribution in [3.63, 3.8) is 0 Å². The lowest BCUT2D eigenvalue weighted by Crippen LogP contribution is -2.41. The smallest absolute Gasteiger partial charge is 0.399 e. The summed E-state index contributed by atoms with van der Waals surface area (Å²) in [7, 11) is -0.344. The third-order valence-corrected chi connectivity index (χ3v) is 4.23. The van der Waals surface area contributed by atoms with Crippen LogP contribution in [0.25, 0.3) is 0 Å². The average Bonchev–Trinajstić information content (AvgIpc) is 2.63. The molecule has 0 radical (unpaired) electrons. The SMILES string of the molecule is C=CCn1nc(C)c(B2OC(C)(C)C(C)(C)O2)c1C. The average molecular weight is 262 g/mol. The maximum absolute atomic E-state index is 6.10. The van der Waals surface area contributed by atoms with Crippen LogP contribution >= 0.6 is 0 Å². The second kappa shape index (κ2) is 4.49. The lowest BCUT2D eigenvalue weighted by Gasteiger charge is -2.32. The van der Waals surface area contributed by atoms with E-state index in [0.717, 1.165) is 16.9 Å². The fourth-order valence-corrected chi connectivity index (χ4v) is 2.31. The van der Waals surface area contributed by atoms with E-state index in [-0.39, 0.29) is 18.3 Å². The first-order valence-corrected chi connectivity index (χ1v) is 6.70. The van der Waals surface area contributed by atoms with E-state index in [0.29, 0.717) is 6.54 Å². The van der Waals surface area contributed by atoms with Gasteiger partial charge in [-0.1, -0.05) is 6.08 Å².